The summed E-state index contributed by atoms with van der Waals surface area (Å²) in [5.41, 5.74) is 4.53. The summed E-state index contributed by atoms with van der Waals surface area (Å²) in [6, 6.07) is 25.3. The maximum Gasteiger partial charge on any atom is 0.319 e. The fraction of sp³-hybridized carbons (Fsp3) is 0.310. The molecule has 3 N–H and O–H groups in total. The SMILES string of the molecule is CC(C)NC(=O)Nc1ccc(C(=O)Nc2ccc(CN3CCN(Cc4ccccc4)CC3)cc2)cc1. The van der Waals surface area contributed by atoms with Gasteiger partial charge in [0, 0.05) is 62.2 Å². The van der Waals surface area contributed by atoms with Gasteiger partial charge in [-0.15, -0.1) is 0 Å². The molecular formula is C29H35N5O2. The molecule has 0 aromatic heterocycles. The Bertz CT molecular complexity index is 1120. The van der Waals surface area contributed by atoms with Gasteiger partial charge in [-0.05, 0) is 61.4 Å². The molecule has 3 amide bonds. The molecule has 1 heterocycles. The highest BCUT2D eigenvalue weighted by Crippen LogP contribution is 2.16. The largest absolute Gasteiger partial charge is 0.336 e. The number of nitrogens with one attached hydrogen (secondary N) is 3. The number of carbonyl (C=O) groups is 2. The van der Waals surface area contributed by atoms with Crippen LogP contribution in [0.15, 0.2) is 78.9 Å². The maximum absolute atomic E-state index is 12.6. The second-order valence-corrected chi connectivity index (χ2v) is 9.52. The highest BCUT2D eigenvalue weighted by Gasteiger charge is 2.17. The molecule has 1 aliphatic rings. The zero-order valence-corrected chi connectivity index (χ0v) is 21.0. The smallest absolute Gasteiger partial charge is 0.319 e. The van der Waals surface area contributed by atoms with Crippen molar-refractivity contribution in [1.82, 2.24) is 15.1 Å². The Morgan fingerprint density at radius 1 is 0.694 bits per heavy atom. The fourth-order valence-corrected chi connectivity index (χ4v) is 4.24. The number of piperazine rings is 1. The minimum Gasteiger partial charge on any atom is -0.336 e. The van der Waals surface area contributed by atoms with Gasteiger partial charge in [0.15, 0.2) is 0 Å². The van der Waals surface area contributed by atoms with E-state index in [0.29, 0.717) is 11.3 Å². The second-order valence-electron chi connectivity index (χ2n) is 9.52. The number of benzene rings is 3. The van der Waals surface area contributed by atoms with Crippen molar-refractivity contribution in [3.8, 4) is 0 Å². The zero-order valence-electron chi connectivity index (χ0n) is 21.0. The van der Waals surface area contributed by atoms with E-state index in [1.165, 1.54) is 11.1 Å². The molecule has 4 rings (SSSR count). The van der Waals surface area contributed by atoms with Gasteiger partial charge < -0.3 is 16.0 Å². The van der Waals surface area contributed by atoms with Gasteiger partial charge in [0.25, 0.3) is 5.91 Å². The number of hydrogen-bond acceptors (Lipinski definition) is 4. The summed E-state index contributed by atoms with van der Waals surface area (Å²) in [5.74, 6) is -0.185. The number of nitrogens with zero attached hydrogens (tertiary/aromatic N) is 2. The Kier molecular flexibility index (Phi) is 8.71. The third-order valence-electron chi connectivity index (χ3n) is 6.16. The molecule has 0 unspecified atom stereocenters. The summed E-state index contributed by atoms with van der Waals surface area (Å²) >= 11 is 0. The van der Waals surface area contributed by atoms with Crippen LogP contribution in [0.25, 0.3) is 0 Å². The third kappa shape index (κ3) is 7.66. The van der Waals surface area contributed by atoms with Gasteiger partial charge >= 0.3 is 6.03 Å². The van der Waals surface area contributed by atoms with Crippen molar-refractivity contribution in [1.29, 1.82) is 0 Å². The molecule has 0 spiro atoms. The van der Waals surface area contributed by atoms with Crippen molar-refractivity contribution in [2.75, 3.05) is 36.8 Å². The van der Waals surface area contributed by atoms with Crippen LogP contribution in [0.3, 0.4) is 0 Å². The van der Waals surface area contributed by atoms with E-state index in [1.807, 2.05) is 26.0 Å². The number of rotatable bonds is 8. The summed E-state index contributed by atoms with van der Waals surface area (Å²) in [5, 5.41) is 8.47. The van der Waals surface area contributed by atoms with Crippen LogP contribution in [0.5, 0.6) is 0 Å². The average Bonchev–Trinajstić information content (AvgIpc) is 2.87. The van der Waals surface area contributed by atoms with Crippen LogP contribution >= 0.6 is 0 Å². The highest BCUT2D eigenvalue weighted by molar-refractivity contribution is 6.04. The van der Waals surface area contributed by atoms with Crippen LogP contribution in [0.4, 0.5) is 16.2 Å². The van der Waals surface area contributed by atoms with E-state index in [4.69, 9.17) is 0 Å². The Hall–Kier alpha value is -3.68. The van der Waals surface area contributed by atoms with Gasteiger partial charge in [-0.1, -0.05) is 42.5 Å². The number of anilines is 2. The molecule has 36 heavy (non-hydrogen) atoms. The molecule has 7 heteroatoms. The number of urea groups is 1. The van der Waals surface area contributed by atoms with Crippen LogP contribution in [0.1, 0.15) is 35.3 Å². The van der Waals surface area contributed by atoms with Gasteiger partial charge in [0.2, 0.25) is 0 Å². The Morgan fingerprint density at radius 3 is 1.75 bits per heavy atom. The summed E-state index contributed by atoms with van der Waals surface area (Å²) < 4.78 is 0. The quantitative estimate of drug-likeness (QED) is 0.429. The van der Waals surface area contributed by atoms with Gasteiger partial charge in [-0.3, -0.25) is 14.6 Å². The Labute approximate surface area is 213 Å². The first-order valence-corrected chi connectivity index (χ1v) is 12.5. The molecule has 3 aromatic carbocycles. The molecule has 0 saturated carbocycles. The normalized spacial score (nSPS) is 14.4. The summed E-state index contributed by atoms with van der Waals surface area (Å²) in [7, 11) is 0. The predicted octanol–water partition coefficient (Wildman–Crippen LogP) is 4.79. The van der Waals surface area contributed by atoms with Gasteiger partial charge in [-0.2, -0.15) is 0 Å². The highest BCUT2D eigenvalue weighted by atomic mass is 16.2. The Morgan fingerprint density at radius 2 is 1.19 bits per heavy atom. The molecule has 188 valence electrons. The lowest BCUT2D eigenvalue weighted by Crippen LogP contribution is -2.45. The van der Waals surface area contributed by atoms with E-state index < -0.39 is 0 Å². The van der Waals surface area contributed by atoms with Crippen molar-refractivity contribution in [2.45, 2.75) is 33.0 Å². The first-order chi connectivity index (χ1) is 17.4. The summed E-state index contributed by atoms with van der Waals surface area (Å²) in [6.07, 6.45) is 0. The molecule has 0 bridgehead atoms. The topological polar surface area (TPSA) is 76.7 Å². The van der Waals surface area contributed by atoms with Crippen LogP contribution in [0, 0.1) is 0 Å². The van der Waals surface area contributed by atoms with Crippen LogP contribution in [-0.4, -0.2) is 54.0 Å². The lowest BCUT2D eigenvalue weighted by Gasteiger charge is -2.34. The van der Waals surface area contributed by atoms with Crippen molar-refractivity contribution in [3.63, 3.8) is 0 Å². The molecule has 3 aromatic rings. The molecule has 1 aliphatic heterocycles. The van der Waals surface area contributed by atoms with E-state index in [-0.39, 0.29) is 18.0 Å². The van der Waals surface area contributed by atoms with E-state index >= 15 is 0 Å². The van der Waals surface area contributed by atoms with E-state index in [2.05, 4.69) is 68.2 Å². The minimum atomic E-state index is -0.267. The standard InChI is InChI=1S/C29H35N5O2/c1-22(2)30-29(36)32-27-14-10-25(11-15-27)28(35)31-26-12-8-24(9-13-26)21-34-18-16-33(17-19-34)20-23-6-4-3-5-7-23/h3-15,22H,16-21H2,1-2H3,(H,31,35)(H2,30,32,36). The second kappa shape index (κ2) is 12.3. The van der Waals surface area contributed by atoms with Crippen molar-refractivity contribution in [2.24, 2.45) is 0 Å². The first-order valence-electron chi connectivity index (χ1n) is 12.5. The third-order valence-corrected chi connectivity index (χ3v) is 6.16. The molecular weight excluding hydrogens is 450 g/mol. The van der Waals surface area contributed by atoms with Crippen LogP contribution < -0.4 is 16.0 Å². The maximum atomic E-state index is 12.6. The molecule has 1 fully saturated rings. The fourth-order valence-electron chi connectivity index (χ4n) is 4.24. The Balaban J connectivity index is 1.22. The summed E-state index contributed by atoms with van der Waals surface area (Å²) in [4.78, 5) is 29.4. The van der Waals surface area contributed by atoms with E-state index in [1.54, 1.807) is 24.3 Å². The lowest BCUT2D eigenvalue weighted by molar-refractivity contribution is 0.102. The zero-order chi connectivity index (χ0) is 25.3. The van der Waals surface area contributed by atoms with Crippen LogP contribution in [0.2, 0.25) is 0 Å². The molecule has 0 radical (unpaired) electrons. The monoisotopic (exact) mass is 485 g/mol. The van der Waals surface area contributed by atoms with Crippen LogP contribution in [-0.2, 0) is 13.1 Å². The van der Waals surface area contributed by atoms with Gasteiger partial charge in [0.05, 0.1) is 0 Å². The number of hydrogen-bond donors (Lipinski definition) is 3. The first kappa shape index (κ1) is 25.4. The molecule has 0 aliphatic carbocycles. The van der Waals surface area contributed by atoms with Gasteiger partial charge in [0.1, 0.15) is 0 Å². The molecule has 7 nitrogen and oxygen atoms in total. The van der Waals surface area contributed by atoms with Crippen molar-refractivity contribution < 1.29 is 9.59 Å². The van der Waals surface area contributed by atoms with E-state index in [0.717, 1.165) is 45.0 Å². The van der Waals surface area contributed by atoms with Gasteiger partial charge in [-0.25, -0.2) is 4.79 Å². The minimum absolute atomic E-state index is 0.0524. The van der Waals surface area contributed by atoms with E-state index in [9.17, 15) is 9.59 Å². The summed E-state index contributed by atoms with van der Waals surface area (Å²) in [6.45, 7) is 9.95. The van der Waals surface area contributed by atoms with Crippen molar-refractivity contribution >= 4 is 23.3 Å². The van der Waals surface area contributed by atoms with Crippen molar-refractivity contribution in [3.05, 3.63) is 95.6 Å². The molecule has 1 saturated heterocycles. The predicted molar refractivity (Wildman–Crippen MR) is 145 cm³/mol. The number of carbonyl (C=O) groups excluding carboxylic acids is 2. The lowest BCUT2D eigenvalue weighted by atomic mass is 10.1. The molecule has 0 atom stereocenters. The number of amides is 3. The average molecular weight is 486 g/mol.